The molecule has 0 bridgehead atoms. The maximum atomic E-state index is 12.7. The van der Waals surface area contributed by atoms with E-state index in [-0.39, 0.29) is 0 Å². The Kier molecular flexibility index (Phi) is 5.89. The van der Waals surface area contributed by atoms with Gasteiger partial charge in [-0.3, -0.25) is 4.79 Å². The fourth-order valence-corrected chi connectivity index (χ4v) is 3.99. The number of hydrogen-bond donors (Lipinski definition) is 0. The minimum Gasteiger partial charge on any atom is -0.339 e. The van der Waals surface area contributed by atoms with Crippen molar-refractivity contribution in [2.24, 2.45) is 29.6 Å². The van der Waals surface area contributed by atoms with Crippen molar-refractivity contribution in [3.63, 3.8) is 0 Å². The van der Waals surface area contributed by atoms with Crippen molar-refractivity contribution < 1.29 is 4.79 Å². The molecule has 2 saturated carbocycles. The standard InChI is InChI=1S/C19H33NO/c1-5-10-20(11-9-14(2)3)19(21)18-13-17(18)16-8-6-7-15(4)12-16/h5,14-18H,1,6-13H2,2-4H3. The van der Waals surface area contributed by atoms with E-state index in [1.807, 2.05) is 11.0 Å². The smallest absolute Gasteiger partial charge is 0.226 e. The molecule has 2 aliphatic carbocycles. The average molecular weight is 291 g/mol. The number of hydrogen-bond acceptors (Lipinski definition) is 1. The molecule has 21 heavy (non-hydrogen) atoms. The highest BCUT2D eigenvalue weighted by Crippen LogP contribution is 2.51. The third-order valence-electron chi connectivity index (χ3n) is 5.38. The van der Waals surface area contributed by atoms with Crippen molar-refractivity contribution in [2.45, 2.75) is 59.3 Å². The summed E-state index contributed by atoms with van der Waals surface area (Å²) >= 11 is 0. The summed E-state index contributed by atoms with van der Waals surface area (Å²) < 4.78 is 0. The van der Waals surface area contributed by atoms with Gasteiger partial charge >= 0.3 is 0 Å². The summed E-state index contributed by atoms with van der Waals surface area (Å²) in [5.41, 5.74) is 0. The van der Waals surface area contributed by atoms with E-state index in [4.69, 9.17) is 0 Å². The van der Waals surface area contributed by atoms with Crippen LogP contribution in [0.25, 0.3) is 0 Å². The van der Waals surface area contributed by atoms with Gasteiger partial charge in [0.2, 0.25) is 5.91 Å². The normalized spacial score (nSPS) is 32.0. The minimum atomic E-state index is 0.326. The zero-order chi connectivity index (χ0) is 15.4. The minimum absolute atomic E-state index is 0.326. The van der Waals surface area contributed by atoms with Crippen LogP contribution in [0.2, 0.25) is 0 Å². The Hall–Kier alpha value is -0.790. The van der Waals surface area contributed by atoms with Crippen LogP contribution in [0.4, 0.5) is 0 Å². The third-order valence-corrected chi connectivity index (χ3v) is 5.38. The molecule has 0 N–H and O–H groups in total. The Morgan fingerprint density at radius 3 is 2.71 bits per heavy atom. The van der Waals surface area contributed by atoms with E-state index in [0.717, 1.165) is 37.8 Å². The molecule has 2 rings (SSSR count). The van der Waals surface area contributed by atoms with Gasteiger partial charge in [-0.2, -0.15) is 0 Å². The van der Waals surface area contributed by atoms with Crippen LogP contribution < -0.4 is 0 Å². The van der Waals surface area contributed by atoms with Crippen LogP contribution in [0.15, 0.2) is 12.7 Å². The Balaban J connectivity index is 1.85. The van der Waals surface area contributed by atoms with E-state index in [1.165, 1.54) is 25.7 Å². The van der Waals surface area contributed by atoms with E-state index in [1.54, 1.807) is 0 Å². The molecular formula is C19H33NO. The van der Waals surface area contributed by atoms with Crippen molar-refractivity contribution in [2.75, 3.05) is 13.1 Å². The molecule has 2 aliphatic rings. The van der Waals surface area contributed by atoms with Gasteiger partial charge in [0.1, 0.15) is 0 Å². The Morgan fingerprint density at radius 1 is 1.33 bits per heavy atom. The lowest BCUT2D eigenvalue weighted by Gasteiger charge is -2.28. The van der Waals surface area contributed by atoms with Crippen molar-refractivity contribution in [3.8, 4) is 0 Å². The van der Waals surface area contributed by atoms with Crippen LogP contribution in [0.5, 0.6) is 0 Å². The fourth-order valence-electron chi connectivity index (χ4n) is 3.99. The van der Waals surface area contributed by atoms with Gasteiger partial charge < -0.3 is 4.90 Å². The second-order valence-corrected chi connectivity index (χ2v) is 7.79. The number of carbonyl (C=O) groups is 1. The topological polar surface area (TPSA) is 20.3 Å². The Morgan fingerprint density at radius 2 is 2.10 bits per heavy atom. The molecule has 0 aromatic heterocycles. The van der Waals surface area contributed by atoms with Crippen molar-refractivity contribution in [3.05, 3.63) is 12.7 Å². The maximum Gasteiger partial charge on any atom is 0.226 e. The van der Waals surface area contributed by atoms with E-state index in [9.17, 15) is 4.79 Å². The highest BCUT2D eigenvalue weighted by atomic mass is 16.2. The van der Waals surface area contributed by atoms with Crippen LogP contribution in [0, 0.1) is 29.6 Å². The van der Waals surface area contributed by atoms with Gasteiger partial charge in [0.15, 0.2) is 0 Å². The summed E-state index contributed by atoms with van der Waals surface area (Å²) in [7, 11) is 0. The second-order valence-electron chi connectivity index (χ2n) is 7.79. The number of nitrogens with zero attached hydrogens (tertiary/aromatic N) is 1. The van der Waals surface area contributed by atoms with Crippen molar-refractivity contribution in [1.82, 2.24) is 4.90 Å². The van der Waals surface area contributed by atoms with Gasteiger partial charge in [-0.15, -0.1) is 6.58 Å². The van der Waals surface area contributed by atoms with Gasteiger partial charge in [0, 0.05) is 19.0 Å². The molecule has 4 unspecified atom stereocenters. The molecule has 0 aromatic rings. The monoisotopic (exact) mass is 291 g/mol. The first-order valence-corrected chi connectivity index (χ1v) is 8.92. The molecule has 2 heteroatoms. The van der Waals surface area contributed by atoms with E-state index >= 15 is 0 Å². The molecule has 0 saturated heterocycles. The van der Waals surface area contributed by atoms with Crippen molar-refractivity contribution >= 4 is 5.91 Å². The predicted octanol–water partition coefficient (Wildman–Crippen LogP) is 4.51. The van der Waals surface area contributed by atoms with Crippen molar-refractivity contribution in [1.29, 1.82) is 0 Å². The molecule has 2 fully saturated rings. The lowest BCUT2D eigenvalue weighted by atomic mass is 9.79. The first kappa shape index (κ1) is 16.6. The van der Waals surface area contributed by atoms with E-state index in [2.05, 4.69) is 27.4 Å². The molecule has 2 nitrogen and oxygen atoms in total. The molecule has 1 amide bonds. The Labute approximate surface area is 131 Å². The van der Waals surface area contributed by atoms with Crippen LogP contribution in [0.3, 0.4) is 0 Å². The number of amides is 1. The number of carbonyl (C=O) groups excluding carboxylic acids is 1. The lowest BCUT2D eigenvalue weighted by Crippen LogP contribution is -2.34. The summed E-state index contributed by atoms with van der Waals surface area (Å²) in [6, 6.07) is 0. The highest BCUT2D eigenvalue weighted by molar-refractivity contribution is 5.81. The second kappa shape index (κ2) is 7.47. The molecule has 0 aliphatic heterocycles. The molecule has 0 radical (unpaired) electrons. The van der Waals surface area contributed by atoms with Gasteiger partial charge in [0.25, 0.3) is 0 Å². The maximum absolute atomic E-state index is 12.7. The highest BCUT2D eigenvalue weighted by Gasteiger charge is 2.49. The molecule has 120 valence electrons. The first-order chi connectivity index (χ1) is 10.0. The van der Waals surface area contributed by atoms with Crippen LogP contribution in [-0.4, -0.2) is 23.9 Å². The van der Waals surface area contributed by atoms with Gasteiger partial charge in [-0.25, -0.2) is 0 Å². The molecule has 0 heterocycles. The average Bonchev–Trinajstić information content (AvgIpc) is 3.23. The summed E-state index contributed by atoms with van der Waals surface area (Å²) in [5, 5.41) is 0. The van der Waals surface area contributed by atoms with Crippen LogP contribution >= 0.6 is 0 Å². The third kappa shape index (κ3) is 4.59. The summed E-state index contributed by atoms with van der Waals surface area (Å²) in [4.78, 5) is 14.8. The predicted molar refractivity (Wildman–Crippen MR) is 89.0 cm³/mol. The summed E-state index contributed by atoms with van der Waals surface area (Å²) in [5.74, 6) is 3.75. The molecule has 0 spiro atoms. The van der Waals surface area contributed by atoms with E-state index in [0.29, 0.717) is 23.7 Å². The van der Waals surface area contributed by atoms with Crippen LogP contribution in [0.1, 0.15) is 59.3 Å². The van der Waals surface area contributed by atoms with Crippen LogP contribution in [-0.2, 0) is 4.79 Å². The zero-order valence-corrected chi connectivity index (χ0v) is 14.2. The van der Waals surface area contributed by atoms with E-state index < -0.39 is 0 Å². The van der Waals surface area contributed by atoms with Gasteiger partial charge in [0.05, 0.1) is 0 Å². The van der Waals surface area contributed by atoms with Gasteiger partial charge in [-0.1, -0.05) is 46.1 Å². The molecule has 0 aromatic carbocycles. The lowest BCUT2D eigenvalue weighted by molar-refractivity contribution is -0.132. The molecular weight excluding hydrogens is 258 g/mol. The number of rotatable bonds is 7. The Bertz CT molecular complexity index is 363. The molecule has 4 atom stereocenters. The fraction of sp³-hybridized carbons (Fsp3) is 0.842. The summed E-state index contributed by atoms with van der Waals surface area (Å²) in [6.07, 6.45) is 9.57. The summed E-state index contributed by atoms with van der Waals surface area (Å²) in [6.45, 7) is 12.2. The quantitative estimate of drug-likeness (QED) is 0.632. The largest absolute Gasteiger partial charge is 0.339 e. The van der Waals surface area contributed by atoms with Gasteiger partial charge in [-0.05, 0) is 42.9 Å². The SMILES string of the molecule is C=CCN(CCC(C)C)C(=O)C1CC1C1CCCC(C)C1. The first-order valence-electron chi connectivity index (χ1n) is 8.92. The zero-order valence-electron chi connectivity index (χ0n) is 14.2.